The average molecular weight is 305 g/mol. The normalized spacial score (nSPS) is 17.9. The molecule has 0 spiro atoms. The summed E-state index contributed by atoms with van der Waals surface area (Å²) < 4.78 is 5.40. The van der Waals surface area contributed by atoms with Gasteiger partial charge in [-0.05, 0) is 24.8 Å². The van der Waals surface area contributed by atoms with Gasteiger partial charge in [-0.15, -0.1) is 0 Å². The van der Waals surface area contributed by atoms with Gasteiger partial charge in [-0.1, -0.05) is 30.3 Å². The van der Waals surface area contributed by atoms with Gasteiger partial charge in [-0.3, -0.25) is 9.59 Å². The number of amides is 1. The maximum Gasteiger partial charge on any atom is 0.303 e. The van der Waals surface area contributed by atoms with Crippen LogP contribution in [0.4, 0.5) is 0 Å². The Morgan fingerprint density at radius 3 is 2.68 bits per heavy atom. The van der Waals surface area contributed by atoms with Crippen LogP contribution in [0.5, 0.6) is 0 Å². The highest BCUT2D eigenvalue weighted by Crippen LogP contribution is 2.18. The summed E-state index contributed by atoms with van der Waals surface area (Å²) in [5, 5.41) is 8.78. The quantitative estimate of drug-likeness (QED) is 0.839. The summed E-state index contributed by atoms with van der Waals surface area (Å²) in [4.78, 5) is 25.1. The molecule has 1 aliphatic heterocycles. The maximum absolute atomic E-state index is 12.7. The molecule has 1 atom stereocenters. The Balaban J connectivity index is 1.99. The van der Waals surface area contributed by atoms with Gasteiger partial charge in [-0.25, -0.2) is 0 Å². The summed E-state index contributed by atoms with van der Waals surface area (Å²) in [5.41, 5.74) is 1.06. The van der Waals surface area contributed by atoms with Crippen molar-refractivity contribution in [3.8, 4) is 0 Å². The predicted octanol–water partition coefficient (Wildman–Crippen LogP) is 2.31. The molecular weight excluding hydrogens is 282 g/mol. The molecule has 1 unspecified atom stereocenters. The van der Waals surface area contributed by atoms with E-state index in [4.69, 9.17) is 9.84 Å². The lowest BCUT2D eigenvalue weighted by atomic mass is 10.00. The predicted molar refractivity (Wildman–Crippen MR) is 82.3 cm³/mol. The molecule has 1 N–H and O–H groups in total. The Bertz CT molecular complexity index is 483. The van der Waals surface area contributed by atoms with Gasteiger partial charge in [0, 0.05) is 26.1 Å². The highest BCUT2D eigenvalue weighted by Gasteiger charge is 2.26. The van der Waals surface area contributed by atoms with Crippen molar-refractivity contribution in [2.75, 3.05) is 19.8 Å². The lowest BCUT2D eigenvalue weighted by Crippen LogP contribution is -2.39. The first-order chi connectivity index (χ1) is 10.7. The van der Waals surface area contributed by atoms with E-state index in [1.165, 1.54) is 0 Å². The van der Waals surface area contributed by atoms with Crippen LogP contribution in [0.3, 0.4) is 0 Å². The van der Waals surface area contributed by atoms with Crippen LogP contribution in [0.25, 0.3) is 0 Å². The van der Waals surface area contributed by atoms with Crippen molar-refractivity contribution in [2.45, 2.75) is 32.2 Å². The zero-order valence-corrected chi connectivity index (χ0v) is 12.7. The summed E-state index contributed by atoms with van der Waals surface area (Å²) in [7, 11) is 0. The van der Waals surface area contributed by atoms with Gasteiger partial charge in [0.05, 0.1) is 12.5 Å². The third kappa shape index (κ3) is 5.15. The number of carbonyl (C=O) groups is 2. The number of carboxylic acid groups (broad SMARTS) is 1. The average Bonchev–Trinajstić information content (AvgIpc) is 2.55. The van der Waals surface area contributed by atoms with Gasteiger partial charge in [0.1, 0.15) is 0 Å². The second-order valence-electron chi connectivity index (χ2n) is 5.66. The number of aliphatic carboxylic acids is 1. The molecule has 1 aromatic carbocycles. The molecule has 1 saturated heterocycles. The number of rotatable bonds is 7. The van der Waals surface area contributed by atoms with Gasteiger partial charge in [0.15, 0.2) is 0 Å². The molecule has 5 heteroatoms. The molecule has 0 aromatic heterocycles. The third-order valence-corrected chi connectivity index (χ3v) is 3.86. The first kappa shape index (κ1) is 16.5. The first-order valence-electron chi connectivity index (χ1n) is 7.79. The second kappa shape index (κ2) is 8.54. The first-order valence-corrected chi connectivity index (χ1v) is 7.79. The lowest BCUT2D eigenvalue weighted by Gasteiger charge is -2.29. The van der Waals surface area contributed by atoms with Crippen molar-refractivity contribution in [2.24, 2.45) is 5.92 Å². The fourth-order valence-electron chi connectivity index (χ4n) is 2.69. The van der Waals surface area contributed by atoms with E-state index in [1.807, 2.05) is 30.3 Å². The molecule has 0 saturated carbocycles. The number of ether oxygens (including phenoxy) is 1. The van der Waals surface area contributed by atoms with Gasteiger partial charge in [0.25, 0.3) is 0 Å². The summed E-state index contributed by atoms with van der Waals surface area (Å²) >= 11 is 0. The molecule has 22 heavy (non-hydrogen) atoms. The molecule has 1 aromatic rings. The topological polar surface area (TPSA) is 66.8 Å². The Morgan fingerprint density at radius 1 is 1.27 bits per heavy atom. The highest BCUT2D eigenvalue weighted by molar-refractivity contribution is 5.79. The van der Waals surface area contributed by atoms with Crippen molar-refractivity contribution in [1.82, 2.24) is 4.90 Å². The number of hydrogen-bond donors (Lipinski definition) is 1. The minimum atomic E-state index is -0.826. The Hall–Kier alpha value is -1.88. The van der Waals surface area contributed by atoms with Crippen LogP contribution in [-0.2, 0) is 20.9 Å². The number of hydrogen-bond acceptors (Lipinski definition) is 3. The monoisotopic (exact) mass is 305 g/mol. The zero-order chi connectivity index (χ0) is 15.8. The van der Waals surface area contributed by atoms with Crippen LogP contribution in [-0.4, -0.2) is 41.6 Å². The van der Waals surface area contributed by atoms with E-state index < -0.39 is 5.97 Å². The van der Waals surface area contributed by atoms with Crippen molar-refractivity contribution in [3.63, 3.8) is 0 Å². The number of carboxylic acids is 1. The highest BCUT2D eigenvalue weighted by atomic mass is 16.5. The minimum Gasteiger partial charge on any atom is -0.481 e. The summed E-state index contributed by atoms with van der Waals surface area (Å²) in [5.74, 6) is -0.843. The molecule has 1 fully saturated rings. The van der Waals surface area contributed by atoms with E-state index in [0.717, 1.165) is 25.0 Å². The van der Waals surface area contributed by atoms with Crippen LogP contribution in [0.2, 0.25) is 0 Å². The van der Waals surface area contributed by atoms with E-state index >= 15 is 0 Å². The number of benzene rings is 1. The fourth-order valence-corrected chi connectivity index (χ4v) is 2.69. The van der Waals surface area contributed by atoms with Crippen LogP contribution in [0, 0.1) is 5.92 Å². The van der Waals surface area contributed by atoms with Gasteiger partial charge >= 0.3 is 5.97 Å². The van der Waals surface area contributed by atoms with E-state index in [0.29, 0.717) is 26.1 Å². The van der Waals surface area contributed by atoms with Crippen molar-refractivity contribution >= 4 is 11.9 Å². The van der Waals surface area contributed by atoms with E-state index in [9.17, 15) is 9.59 Å². The van der Waals surface area contributed by atoms with Gasteiger partial charge in [0.2, 0.25) is 5.91 Å². The van der Waals surface area contributed by atoms with Crippen molar-refractivity contribution in [1.29, 1.82) is 0 Å². The summed E-state index contributed by atoms with van der Waals surface area (Å²) in [6.45, 7) is 2.19. The van der Waals surface area contributed by atoms with Crippen LogP contribution in [0.1, 0.15) is 31.2 Å². The SMILES string of the molecule is O=C(O)CCCN(Cc1ccccc1)C(=O)C1CCCOC1. The van der Waals surface area contributed by atoms with Gasteiger partial charge in [-0.2, -0.15) is 0 Å². The van der Waals surface area contributed by atoms with E-state index in [-0.39, 0.29) is 18.2 Å². The smallest absolute Gasteiger partial charge is 0.303 e. The van der Waals surface area contributed by atoms with Gasteiger partial charge < -0.3 is 14.7 Å². The lowest BCUT2D eigenvalue weighted by molar-refractivity contribution is -0.142. The fraction of sp³-hybridized carbons (Fsp3) is 0.529. The van der Waals surface area contributed by atoms with Crippen molar-refractivity contribution in [3.05, 3.63) is 35.9 Å². The molecule has 120 valence electrons. The summed E-state index contributed by atoms with van der Waals surface area (Å²) in [6, 6.07) is 9.79. The molecule has 1 heterocycles. The van der Waals surface area contributed by atoms with Crippen molar-refractivity contribution < 1.29 is 19.4 Å². The van der Waals surface area contributed by atoms with E-state index in [2.05, 4.69) is 0 Å². The number of carbonyl (C=O) groups excluding carboxylic acids is 1. The zero-order valence-electron chi connectivity index (χ0n) is 12.7. The second-order valence-corrected chi connectivity index (χ2v) is 5.66. The molecule has 5 nitrogen and oxygen atoms in total. The van der Waals surface area contributed by atoms with Crippen LogP contribution >= 0.6 is 0 Å². The molecule has 1 amide bonds. The van der Waals surface area contributed by atoms with E-state index in [1.54, 1.807) is 4.90 Å². The Morgan fingerprint density at radius 2 is 2.05 bits per heavy atom. The maximum atomic E-state index is 12.7. The summed E-state index contributed by atoms with van der Waals surface area (Å²) in [6.07, 6.45) is 2.31. The molecule has 0 radical (unpaired) electrons. The molecule has 0 bridgehead atoms. The Kier molecular flexibility index (Phi) is 6.40. The largest absolute Gasteiger partial charge is 0.481 e. The van der Waals surface area contributed by atoms with Crippen LogP contribution < -0.4 is 0 Å². The molecule has 0 aliphatic carbocycles. The number of nitrogens with zero attached hydrogens (tertiary/aromatic N) is 1. The molecule has 1 aliphatic rings. The Labute approximate surface area is 130 Å². The van der Waals surface area contributed by atoms with Crippen LogP contribution in [0.15, 0.2) is 30.3 Å². The minimum absolute atomic E-state index is 0.0777. The standard InChI is InChI=1S/C17H23NO4/c19-16(20)9-4-10-18(12-14-6-2-1-3-7-14)17(21)15-8-5-11-22-13-15/h1-3,6-7,15H,4-5,8-13H2,(H,19,20). The molecule has 2 rings (SSSR count). The molecular formula is C17H23NO4. The third-order valence-electron chi connectivity index (χ3n) is 3.86.